The minimum absolute atomic E-state index is 0.0409. The summed E-state index contributed by atoms with van der Waals surface area (Å²) in [6.07, 6.45) is 2.25. The Kier molecular flexibility index (Phi) is 4.68. The van der Waals surface area contributed by atoms with Crippen LogP contribution in [-0.4, -0.2) is 42.5 Å². The summed E-state index contributed by atoms with van der Waals surface area (Å²) in [5.41, 5.74) is 0.882. The van der Waals surface area contributed by atoms with Gasteiger partial charge in [0.25, 0.3) is 11.8 Å². The molecule has 0 unspecified atom stereocenters. The molecule has 4 heterocycles. The van der Waals surface area contributed by atoms with Gasteiger partial charge in [0.05, 0.1) is 22.7 Å². The third-order valence-corrected chi connectivity index (χ3v) is 7.25. The van der Waals surface area contributed by atoms with E-state index >= 15 is 0 Å². The van der Waals surface area contributed by atoms with Crippen LogP contribution in [-0.2, 0) is 15.1 Å². The second-order valence-electron chi connectivity index (χ2n) is 9.37. The van der Waals surface area contributed by atoms with Crippen LogP contribution in [0.2, 0.25) is 0 Å². The van der Waals surface area contributed by atoms with Gasteiger partial charge in [0, 0.05) is 25.3 Å². The average Bonchev–Trinajstić information content (AvgIpc) is 3.50. The van der Waals surface area contributed by atoms with Crippen LogP contribution in [0.25, 0.3) is 11.0 Å². The lowest BCUT2D eigenvalue weighted by Crippen LogP contribution is -2.55. The Labute approximate surface area is 196 Å². The van der Waals surface area contributed by atoms with Crippen molar-refractivity contribution in [1.82, 2.24) is 4.90 Å². The van der Waals surface area contributed by atoms with Gasteiger partial charge < -0.3 is 19.0 Å². The Balaban J connectivity index is 1.69. The summed E-state index contributed by atoms with van der Waals surface area (Å²) < 4.78 is 11.9. The maximum absolute atomic E-state index is 14.3. The van der Waals surface area contributed by atoms with Gasteiger partial charge in [-0.15, -0.1) is 0 Å². The number of carbonyl (C=O) groups is 2. The predicted molar refractivity (Wildman–Crippen MR) is 127 cm³/mol. The molecule has 1 saturated heterocycles. The van der Waals surface area contributed by atoms with Crippen molar-refractivity contribution < 1.29 is 18.7 Å². The summed E-state index contributed by atoms with van der Waals surface area (Å²) in [5, 5.41) is 0.379. The normalized spacial score (nSPS) is 23.4. The van der Waals surface area contributed by atoms with Crippen molar-refractivity contribution in [1.29, 1.82) is 0 Å². The first kappa shape index (κ1) is 21.1. The van der Waals surface area contributed by atoms with E-state index in [1.165, 1.54) is 0 Å². The minimum Gasteiger partial charge on any atom is -0.450 e. The zero-order valence-electron chi connectivity index (χ0n) is 19.3. The Hall–Kier alpha value is -3.45. The van der Waals surface area contributed by atoms with Gasteiger partial charge in [-0.1, -0.05) is 36.8 Å². The SMILES string of the molecule is CCCN1C(=O)[C@@]2(c3ccccc31)c1c(oc3ccc(C)cc3c1=O)C(=O)N2C[C@@H]1CCCO1. The zero-order valence-corrected chi connectivity index (χ0v) is 19.3. The van der Waals surface area contributed by atoms with Crippen LogP contribution in [0.1, 0.15) is 53.4 Å². The number of benzene rings is 2. The van der Waals surface area contributed by atoms with Gasteiger partial charge in [-0.3, -0.25) is 14.4 Å². The van der Waals surface area contributed by atoms with Gasteiger partial charge in [-0.25, -0.2) is 0 Å². The molecule has 0 saturated carbocycles. The van der Waals surface area contributed by atoms with E-state index in [9.17, 15) is 14.4 Å². The van der Waals surface area contributed by atoms with Crippen LogP contribution in [0.15, 0.2) is 51.7 Å². The van der Waals surface area contributed by atoms with Crippen LogP contribution in [0.3, 0.4) is 0 Å². The van der Waals surface area contributed by atoms with E-state index in [1.807, 2.05) is 44.2 Å². The Morgan fingerprint density at radius 3 is 2.71 bits per heavy atom. The molecule has 2 atom stereocenters. The molecule has 34 heavy (non-hydrogen) atoms. The smallest absolute Gasteiger partial charge is 0.291 e. The van der Waals surface area contributed by atoms with Crippen molar-refractivity contribution in [3.8, 4) is 0 Å². The molecular formula is C27H26N2O5. The summed E-state index contributed by atoms with van der Waals surface area (Å²) >= 11 is 0. The maximum atomic E-state index is 14.3. The van der Waals surface area contributed by atoms with Gasteiger partial charge >= 0.3 is 0 Å². The topological polar surface area (TPSA) is 80.1 Å². The van der Waals surface area contributed by atoms with Crippen LogP contribution >= 0.6 is 0 Å². The molecule has 7 nitrogen and oxygen atoms in total. The Bertz CT molecular complexity index is 1400. The molecule has 0 radical (unpaired) electrons. The van der Waals surface area contributed by atoms with Crippen molar-refractivity contribution >= 4 is 28.5 Å². The van der Waals surface area contributed by atoms with E-state index in [4.69, 9.17) is 9.15 Å². The average molecular weight is 459 g/mol. The fourth-order valence-corrected chi connectivity index (χ4v) is 5.79. The second kappa shape index (κ2) is 7.53. The van der Waals surface area contributed by atoms with Crippen molar-refractivity contribution in [3.05, 3.63) is 75.1 Å². The van der Waals surface area contributed by atoms with Gasteiger partial charge in [-0.2, -0.15) is 0 Å². The van der Waals surface area contributed by atoms with Crippen LogP contribution in [0, 0.1) is 6.92 Å². The van der Waals surface area contributed by atoms with Crippen LogP contribution < -0.4 is 10.3 Å². The highest BCUT2D eigenvalue weighted by Crippen LogP contribution is 2.52. The number of hydrogen-bond donors (Lipinski definition) is 0. The van der Waals surface area contributed by atoms with Crippen molar-refractivity contribution in [2.45, 2.75) is 44.8 Å². The summed E-state index contributed by atoms with van der Waals surface area (Å²) in [5.74, 6) is -0.757. The van der Waals surface area contributed by atoms with Gasteiger partial charge in [0.1, 0.15) is 5.58 Å². The van der Waals surface area contributed by atoms with E-state index < -0.39 is 11.4 Å². The molecule has 3 aliphatic heterocycles. The molecule has 7 heteroatoms. The number of hydrogen-bond acceptors (Lipinski definition) is 5. The third kappa shape index (κ3) is 2.64. The molecule has 1 fully saturated rings. The standard InChI is InChI=1S/C27H26N2O5/c1-3-12-28-20-9-5-4-8-19(20)27(26(28)32)22-23(30)18-14-16(2)10-11-21(18)34-24(22)25(31)29(27)15-17-7-6-13-33-17/h4-5,8-11,14,17H,3,6-7,12-13,15H2,1-2H3/t17-,27+/m0/s1. The molecule has 1 spiro atoms. The van der Waals surface area contributed by atoms with Crippen LogP contribution in [0.4, 0.5) is 5.69 Å². The number of ether oxygens (including phenoxy) is 1. The molecular weight excluding hydrogens is 432 g/mol. The molecule has 3 aliphatic rings. The molecule has 6 rings (SSSR count). The zero-order chi connectivity index (χ0) is 23.6. The first-order valence-electron chi connectivity index (χ1n) is 11.9. The summed E-state index contributed by atoms with van der Waals surface area (Å²) in [4.78, 5) is 45.5. The molecule has 1 aromatic heterocycles. The molecule has 0 bridgehead atoms. The van der Waals surface area contributed by atoms with Gasteiger partial charge in [0.2, 0.25) is 5.76 Å². The van der Waals surface area contributed by atoms with Crippen molar-refractivity contribution in [2.24, 2.45) is 0 Å². The molecule has 0 aliphatic carbocycles. The van der Waals surface area contributed by atoms with E-state index in [0.717, 1.165) is 30.5 Å². The quantitative estimate of drug-likeness (QED) is 0.595. The number of rotatable bonds is 4. The lowest BCUT2D eigenvalue weighted by atomic mass is 9.83. The van der Waals surface area contributed by atoms with Gasteiger partial charge in [0.15, 0.2) is 11.0 Å². The van der Waals surface area contributed by atoms with E-state index in [-0.39, 0.29) is 35.3 Å². The largest absolute Gasteiger partial charge is 0.450 e. The summed E-state index contributed by atoms with van der Waals surface area (Å²) in [6, 6.07) is 12.8. The first-order chi connectivity index (χ1) is 16.5. The first-order valence-corrected chi connectivity index (χ1v) is 11.9. The number of nitrogens with zero attached hydrogens (tertiary/aromatic N) is 2. The molecule has 174 valence electrons. The maximum Gasteiger partial charge on any atom is 0.291 e. The molecule has 3 aromatic rings. The summed E-state index contributed by atoms with van der Waals surface area (Å²) in [6.45, 7) is 5.24. The summed E-state index contributed by atoms with van der Waals surface area (Å²) in [7, 11) is 0. The van der Waals surface area contributed by atoms with E-state index in [1.54, 1.807) is 21.9 Å². The lowest BCUT2D eigenvalue weighted by Gasteiger charge is -2.35. The fraction of sp³-hybridized carbons (Fsp3) is 0.370. The van der Waals surface area contributed by atoms with Crippen molar-refractivity contribution in [2.75, 3.05) is 24.6 Å². The number of para-hydroxylation sites is 1. The Morgan fingerprint density at radius 2 is 1.94 bits per heavy atom. The monoisotopic (exact) mass is 458 g/mol. The van der Waals surface area contributed by atoms with Gasteiger partial charge in [-0.05, 0) is 44.4 Å². The Morgan fingerprint density at radius 1 is 1.12 bits per heavy atom. The van der Waals surface area contributed by atoms with Crippen LogP contribution in [0.5, 0.6) is 0 Å². The number of aryl methyl sites for hydroxylation is 1. The second-order valence-corrected chi connectivity index (χ2v) is 9.37. The third-order valence-electron chi connectivity index (χ3n) is 7.25. The highest BCUT2D eigenvalue weighted by molar-refractivity contribution is 6.17. The number of amides is 2. The van der Waals surface area contributed by atoms with E-state index in [2.05, 4.69) is 0 Å². The fourth-order valence-electron chi connectivity index (χ4n) is 5.79. The van der Waals surface area contributed by atoms with E-state index in [0.29, 0.717) is 29.7 Å². The lowest BCUT2D eigenvalue weighted by molar-refractivity contribution is -0.126. The highest BCUT2D eigenvalue weighted by atomic mass is 16.5. The predicted octanol–water partition coefficient (Wildman–Crippen LogP) is 3.74. The molecule has 2 aromatic carbocycles. The number of anilines is 1. The molecule has 2 amide bonds. The highest BCUT2D eigenvalue weighted by Gasteiger charge is 2.65. The number of carbonyl (C=O) groups excluding carboxylic acids is 2. The molecule has 0 N–H and O–H groups in total. The minimum atomic E-state index is -1.55. The number of fused-ring (bicyclic) bond motifs is 5. The van der Waals surface area contributed by atoms with Crippen molar-refractivity contribution in [3.63, 3.8) is 0 Å².